The van der Waals surface area contributed by atoms with E-state index >= 15 is 0 Å². The zero-order valence-corrected chi connectivity index (χ0v) is 11.7. The molecule has 0 bridgehead atoms. The largest absolute Gasteiger partial charge is 0.398 e. The minimum atomic E-state index is -1.09. The molecule has 1 aromatic carbocycles. The third-order valence-corrected chi connectivity index (χ3v) is 2.64. The molecule has 1 rings (SSSR count). The zero-order valence-electron chi connectivity index (χ0n) is 11.7. The van der Waals surface area contributed by atoms with Gasteiger partial charge in [0.15, 0.2) is 11.6 Å². The Kier molecular flexibility index (Phi) is 6.38. The summed E-state index contributed by atoms with van der Waals surface area (Å²) >= 11 is 0. The Morgan fingerprint density at radius 1 is 1.30 bits per heavy atom. The number of hydrogen-bond acceptors (Lipinski definition) is 3. The van der Waals surface area contributed by atoms with Gasteiger partial charge in [-0.05, 0) is 32.8 Å². The number of ether oxygens (including phenoxy) is 1. The van der Waals surface area contributed by atoms with Gasteiger partial charge in [-0.2, -0.15) is 0 Å². The smallest absolute Gasteiger partial charge is 0.253 e. The van der Waals surface area contributed by atoms with E-state index in [1.165, 1.54) is 0 Å². The third kappa shape index (κ3) is 5.13. The molecule has 112 valence electrons. The first kappa shape index (κ1) is 16.4. The Hall–Kier alpha value is -1.69. The summed E-state index contributed by atoms with van der Waals surface area (Å²) in [5.41, 5.74) is 5.36. The summed E-state index contributed by atoms with van der Waals surface area (Å²) in [6, 6.07) is 1.61. The molecule has 0 aliphatic carbocycles. The summed E-state index contributed by atoms with van der Waals surface area (Å²) in [6.07, 6.45) is 1.74. The first-order valence-corrected chi connectivity index (χ1v) is 6.56. The normalized spacial score (nSPS) is 10.8. The third-order valence-electron chi connectivity index (χ3n) is 2.64. The quantitative estimate of drug-likeness (QED) is 0.598. The molecule has 0 spiro atoms. The van der Waals surface area contributed by atoms with Gasteiger partial charge < -0.3 is 15.8 Å². The lowest BCUT2D eigenvalue weighted by Gasteiger charge is -2.09. The Bertz CT molecular complexity index is 465. The second kappa shape index (κ2) is 7.79. The number of anilines is 1. The van der Waals surface area contributed by atoms with Crippen LogP contribution < -0.4 is 11.1 Å². The molecular weight excluding hydrogens is 266 g/mol. The number of carbonyl (C=O) groups excluding carboxylic acids is 1. The lowest BCUT2D eigenvalue weighted by Crippen LogP contribution is -2.26. The second-order valence-corrected chi connectivity index (χ2v) is 4.74. The van der Waals surface area contributed by atoms with Crippen LogP contribution in [0.1, 0.15) is 37.0 Å². The lowest BCUT2D eigenvalue weighted by molar-refractivity contribution is 0.0754. The van der Waals surface area contributed by atoms with Crippen molar-refractivity contribution in [3.63, 3.8) is 0 Å². The molecule has 0 aliphatic heterocycles. The molecule has 0 aromatic heterocycles. The average molecular weight is 286 g/mol. The zero-order chi connectivity index (χ0) is 15.1. The summed E-state index contributed by atoms with van der Waals surface area (Å²) in [7, 11) is 0. The van der Waals surface area contributed by atoms with Crippen LogP contribution >= 0.6 is 0 Å². The van der Waals surface area contributed by atoms with Gasteiger partial charge in [-0.3, -0.25) is 4.79 Å². The van der Waals surface area contributed by atoms with Gasteiger partial charge >= 0.3 is 0 Å². The fraction of sp³-hybridized carbons (Fsp3) is 0.500. The molecule has 6 heteroatoms. The van der Waals surface area contributed by atoms with Crippen LogP contribution in [0.3, 0.4) is 0 Å². The molecular formula is C14H20F2N2O2. The van der Waals surface area contributed by atoms with Crippen molar-refractivity contribution < 1.29 is 18.3 Å². The number of benzene rings is 1. The second-order valence-electron chi connectivity index (χ2n) is 4.74. The van der Waals surface area contributed by atoms with E-state index in [0.29, 0.717) is 13.2 Å². The van der Waals surface area contributed by atoms with E-state index in [1.54, 1.807) is 0 Å². The maximum atomic E-state index is 13.1. The van der Waals surface area contributed by atoms with Crippen molar-refractivity contribution >= 4 is 11.6 Å². The summed E-state index contributed by atoms with van der Waals surface area (Å²) in [4.78, 5) is 11.8. The number of nitrogens with one attached hydrogen (secondary N) is 1. The molecule has 0 aliphatic rings. The predicted octanol–water partition coefficient (Wildman–Crippen LogP) is 2.48. The van der Waals surface area contributed by atoms with E-state index in [9.17, 15) is 13.6 Å². The van der Waals surface area contributed by atoms with Crippen LogP contribution in [0.15, 0.2) is 12.1 Å². The van der Waals surface area contributed by atoms with Crippen LogP contribution in [0.2, 0.25) is 0 Å². The monoisotopic (exact) mass is 286 g/mol. The summed E-state index contributed by atoms with van der Waals surface area (Å²) in [6.45, 7) is 4.96. The van der Waals surface area contributed by atoms with Gasteiger partial charge in [0.2, 0.25) is 0 Å². The van der Waals surface area contributed by atoms with Crippen molar-refractivity contribution in [3.8, 4) is 0 Å². The molecule has 0 saturated carbocycles. The first-order valence-electron chi connectivity index (χ1n) is 6.56. The van der Waals surface area contributed by atoms with Gasteiger partial charge in [-0.15, -0.1) is 0 Å². The number of rotatable bonds is 7. The van der Waals surface area contributed by atoms with E-state index < -0.39 is 17.5 Å². The Balaban J connectivity index is 2.38. The van der Waals surface area contributed by atoms with Gasteiger partial charge in [0, 0.05) is 24.9 Å². The molecule has 0 unspecified atom stereocenters. The highest BCUT2D eigenvalue weighted by Crippen LogP contribution is 2.16. The molecule has 0 radical (unpaired) electrons. The number of nitrogens with two attached hydrogens (primary N) is 1. The van der Waals surface area contributed by atoms with E-state index in [0.717, 1.165) is 25.0 Å². The molecule has 0 atom stereocenters. The van der Waals surface area contributed by atoms with E-state index in [2.05, 4.69) is 5.32 Å². The van der Waals surface area contributed by atoms with Crippen LogP contribution in [0.4, 0.5) is 14.5 Å². The molecule has 0 heterocycles. The molecule has 1 amide bonds. The van der Waals surface area contributed by atoms with Crippen molar-refractivity contribution in [2.45, 2.75) is 32.8 Å². The van der Waals surface area contributed by atoms with Crippen molar-refractivity contribution in [1.82, 2.24) is 5.32 Å². The lowest BCUT2D eigenvalue weighted by atomic mass is 10.1. The number of carbonyl (C=O) groups is 1. The number of halogens is 2. The number of unbranched alkanes of at least 4 members (excludes halogenated alkanes) is 1. The fourth-order valence-electron chi connectivity index (χ4n) is 1.60. The summed E-state index contributed by atoms with van der Waals surface area (Å²) in [5.74, 6) is -2.66. The SMILES string of the molecule is CC(C)OCCCCNC(=O)c1cc(F)c(F)cc1N. The standard InChI is InChI=1S/C14H20F2N2O2/c1-9(2)20-6-4-3-5-18-14(19)10-7-11(15)12(16)8-13(10)17/h7-9H,3-6,17H2,1-2H3,(H,18,19). The van der Waals surface area contributed by atoms with Gasteiger partial charge in [0.1, 0.15) is 0 Å². The maximum Gasteiger partial charge on any atom is 0.253 e. The maximum absolute atomic E-state index is 13.1. The molecule has 0 saturated heterocycles. The topological polar surface area (TPSA) is 64.3 Å². The van der Waals surface area contributed by atoms with Crippen LogP contribution in [0.5, 0.6) is 0 Å². The van der Waals surface area contributed by atoms with Crippen LogP contribution in [-0.2, 0) is 4.74 Å². The molecule has 4 nitrogen and oxygen atoms in total. The predicted molar refractivity (Wildman–Crippen MR) is 73.4 cm³/mol. The van der Waals surface area contributed by atoms with Gasteiger partial charge in [0.25, 0.3) is 5.91 Å². The van der Waals surface area contributed by atoms with Crippen molar-refractivity contribution in [1.29, 1.82) is 0 Å². The van der Waals surface area contributed by atoms with Crippen molar-refractivity contribution in [3.05, 3.63) is 29.3 Å². The summed E-state index contributed by atoms with van der Waals surface area (Å²) in [5, 5.41) is 2.61. The molecule has 3 N–H and O–H groups in total. The number of amides is 1. The highest BCUT2D eigenvalue weighted by atomic mass is 19.2. The van der Waals surface area contributed by atoms with E-state index in [-0.39, 0.29) is 17.4 Å². The van der Waals surface area contributed by atoms with Crippen molar-refractivity contribution in [2.24, 2.45) is 0 Å². The van der Waals surface area contributed by atoms with Gasteiger partial charge in [-0.25, -0.2) is 8.78 Å². The van der Waals surface area contributed by atoms with Crippen LogP contribution in [0.25, 0.3) is 0 Å². The van der Waals surface area contributed by atoms with Crippen LogP contribution in [-0.4, -0.2) is 25.2 Å². The van der Waals surface area contributed by atoms with E-state index in [4.69, 9.17) is 10.5 Å². The number of nitrogen functional groups attached to an aromatic ring is 1. The van der Waals surface area contributed by atoms with Crippen molar-refractivity contribution in [2.75, 3.05) is 18.9 Å². The minimum Gasteiger partial charge on any atom is -0.398 e. The molecule has 20 heavy (non-hydrogen) atoms. The highest BCUT2D eigenvalue weighted by Gasteiger charge is 2.13. The van der Waals surface area contributed by atoms with Gasteiger partial charge in [-0.1, -0.05) is 0 Å². The Morgan fingerprint density at radius 2 is 1.95 bits per heavy atom. The Labute approximate surface area is 117 Å². The summed E-state index contributed by atoms with van der Waals surface area (Å²) < 4.78 is 31.3. The molecule has 1 aromatic rings. The molecule has 0 fully saturated rings. The van der Waals surface area contributed by atoms with Crippen LogP contribution in [0, 0.1) is 11.6 Å². The fourth-order valence-corrected chi connectivity index (χ4v) is 1.60. The van der Waals surface area contributed by atoms with Gasteiger partial charge in [0.05, 0.1) is 11.7 Å². The Morgan fingerprint density at radius 3 is 2.60 bits per heavy atom. The van der Waals surface area contributed by atoms with E-state index in [1.807, 2.05) is 13.8 Å². The highest BCUT2D eigenvalue weighted by molar-refractivity contribution is 5.99. The number of hydrogen-bond donors (Lipinski definition) is 2. The minimum absolute atomic E-state index is 0.0534. The first-order chi connectivity index (χ1) is 9.41. The average Bonchev–Trinajstić information content (AvgIpc) is 2.37.